The van der Waals surface area contributed by atoms with Crippen molar-refractivity contribution in [2.24, 2.45) is 0 Å². The van der Waals surface area contributed by atoms with Crippen LogP contribution in [0.3, 0.4) is 0 Å². The van der Waals surface area contributed by atoms with Crippen LogP contribution in [0, 0.1) is 0 Å². The van der Waals surface area contributed by atoms with Gasteiger partial charge in [-0.25, -0.2) is 4.98 Å². The van der Waals surface area contributed by atoms with Crippen molar-refractivity contribution in [2.75, 3.05) is 17.7 Å². The smallest absolute Gasteiger partial charge is 0.229 e. The second kappa shape index (κ2) is 6.97. The van der Waals surface area contributed by atoms with E-state index in [2.05, 4.69) is 21.7 Å². The van der Waals surface area contributed by atoms with Crippen LogP contribution in [0.25, 0.3) is 10.9 Å². The summed E-state index contributed by atoms with van der Waals surface area (Å²) in [5, 5.41) is 7.97. The molecule has 1 saturated carbocycles. The minimum atomic E-state index is 0.503. The van der Waals surface area contributed by atoms with Gasteiger partial charge in [-0.2, -0.15) is 4.98 Å². The van der Waals surface area contributed by atoms with E-state index in [4.69, 9.17) is 9.72 Å². The van der Waals surface area contributed by atoms with Gasteiger partial charge in [0.05, 0.1) is 12.6 Å². The number of hydrogen-bond acceptors (Lipinski definition) is 5. The van der Waals surface area contributed by atoms with E-state index in [-0.39, 0.29) is 0 Å². The molecule has 1 heterocycles. The topological polar surface area (TPSA) is 59.1 Å². The molecule has 5 nitrogen and oxygen atoms in total. The number of aromatic nitrogens is 2. The summed E-state index contributed by atoms with van der Waals surface area (Å²) in [6.45, 7) is 0. The van der Waals surface area contributed by atoms with Gasteiger partial charge in [0.15, 0.2) is 0 Å². The quantitative estimate of drug-likeness (QED) is 0.706. The fourth-order valence-electron chi connectivity index (χ4n) is 3.34. The zero-order valence-corrected chi connectivity index (χ0v) is 14.3. The van der Waals surface area contributed by atoms with Crippen LogP contribution >= 0.6 is 0 Å². The van der Waals surface area contributed by atoms with E-state index in [0.29, 0.717) is 12.0 Å². The third-order valence-electron chi connectivity index (χ3n) is 4.63. The van der Waals surface area contributed by atoms with E-state index in [1.807, 2.05) is 42.5 Å². The van der Waals surface area contributed by atoms with Gasteiger partial charge in [0.25, 0.3) is 0 Å². The maximum absolute atomic E-state index is 5.28. The van der Waals surface area contributed by atoms with Crippen molar-refractivity contribution in [3.63, 3.8) is 0 Å². The molecule has 0 bridgehead atoms. The van der Waals surface area contributed by atoms with E-state index in [9.17, 15) is 0 Å². The van der Waals surface area contributed by atoms with E-state index >= 15 is 0 Å². The van der Waals surface area contributed by atoms with Crippen LogP contribution in [0.5, 0.6) is 5.75 Å². The number of methoxy groups -OCH3 is 1. The van der Waals surface area contributed by atoms with Gasteiger partial charge >= 0.3 is 0 Å². The Balaban J connectivity index is 1.68. The molecular weight excluding hydrogens is 312 g/mol. The van der Waals surface area contributed by atoms with E-state index < -0.39 is 0 Å². The minimum absolute atomic E-state index is 0.503. The van der Waals surface area contributed by atoms with Gasteiger partial charge in [-0.05, 0) is 37.1 Å². The highest BCUT2D eigenvalue weighted by atomic mass is 16.5. The number of para-hydroxylation sites is 1. The fourth-order valence-corrected chi connectivity index (χ4v) is 3.34. The van der Waals surface area contributed by atoms with Gasteiger partial charge in [0, 0.05) is 23.2 Å². The maximum Gasteiger partial charge on any atom is 0.229 e. The highest BCUT2D eigenvalue weighted by Gasteiger charge is 2.17. The second-order valence-corrected chi connectivity index (χ2v) is 6.40. The number of ether oxygens (including phenoxy) is 1. The van der Waals surface area contributed by atoms with Crippen molar-refractivity contribution in [1.29, 1.82) is 0 Å². The molecule has 2 aromatic carbocycles. The molecule has 4 rings (SSSR count). The molecule has 0 unspecified atom stereocenters. The first-order valence-electron chi connectivity index (χ1n) is 8.76. The van der Waals surface area contributed by atoms with Crippen molar-refractivity contribution in [3.8, 4) is 5.75 Å². The van der Waals surface area contributed by atoms with E-state index in [0.717, 1.165) is 28.2 Å². The summed E-state index contributed by atoms with van der Waals surface area (Å²) in [5.74, 6) is 2.30. The number of anilines is 3. The normalized spacial score (nSPS) is 14.6. The van der Waals surface area contributed by atoms with Crippen molar-refractivity contribution in [3.05, 3.63) is 48.5 Å². The number of nitrogens with one attached hydrogen (secondary N) is 2. The molecule has 0 saturated heterocycles. The van der Waals surface area contributed by atoms with Crippen LogP contribution in [-0.2, 0) is 0 Å². The Labute approximate surface area is 147 Å². The molecule has 0 spiro atoms. The first-order chi connectivity index (χ1) is 12.3. The Morgan fingerprint density at radius 1 is 1.00 bits per heavy atom. The fraction of sp³-hybridized carbons (Fsp3) is 0.300. The summed E-state index contributed by atoms with van der Waals surface area (Å²) in [4.78, 5) is 9.40. The van der Waals surface area contributed by atoms with Gasteiger partial charge in [-0.15, -0.1) is 0 Å². The van der Waals surface area contributed by atoms with E-state index in [1.165, 1.54) is 25.7 Å². The Morgan fingerprint density at radius 2 is 1.84 bits per heavy atom. The number of nitrogens with zero attached hydrogens (tertiary/aromatic N) is 2. The molecule has 1 aliphatic rings. The minimum Gasteiger partial charge on any atom is -0.497 e. The van der Waals surface area contributed by atoms with Crippen LogP contribution in [0.4, 0.5) is 17.5 Å². The lowest BCUT2D eigenvalue weighted by atomic mass is 10.2. The molecule has 0 amide bonds. The number of rotatable bonds is 5. The molecule has 1 aliphatic carbocycles. The lowest BCUT2D eigenvalue weighted by Gasteiger charge is -2.16. The van der Waals surface area contributed by atoms with Crippen LogP contribution in [-0.4, -0.2) is 23.1 Å². The standard InChI is InChI=1S/C20H22N4O/c1-25-16-10-6-9-15(13-16)22-20-23-18-12-5-4-11-17(18)19(24-20)21-14-7-2-3-8-14/h4-6,9-14H,2-3,7-8H2,1H3,(H2,21,22,23,24). The summed E-state index contributed by atoms with van der Waals surface area (Å²) in [7, 11) is 1.66. The van der Waals surface area contributed by atoms with Crippen molar-refractivity contribution < 1.29 is 4.74 Å². The Morgan fingerprint density at radius 3 is 2.68 bits per heavy atom. The molecule has 0 radical (unpaired) electrons. The van der Waals surface area contributed by atoms with Crippen LogP contribution in [0.15, 0.2) is 48.5 Å². The summed E-state index contributed by atoms with van der Waals surface area (Å²) >= 11 is 0. The molecule has 0 atom stereocenters. The highest BCUT2D eigenvalue weighted by molar-refractivity contribution is 5.90. The van der Waals surface area contributed by atoms with Gasteiger partial charge in [0.1, 0.15) is 11.6 Å². The number of hydrogen-bond donors (Lipinski definition) is 2. The SMILES string of the molecule is COc1cccc(Nc2nc(NC3CCCC3)c3ccccc3n2)c1. The van der Waals surface area contributed by atoms with Gasteiger partial charge in [-0.3, -0.25) is 0 Å². The third kappa shape index (κ3) is 3.50. The first-order valence-corrected chi connectivity index (χ1v) is 8.76. The Kier molecular flexibility index (Phi) is 4.37. The molecule has 25 heavy (non-hydrogen) atoms. The predicted octanol–water partition coefficient (Wildman–Crippen LogP) is 4.74. The zero-order chi connectivity index (χ0) is 17.1. The average molecular weight is 334 g/mol. The molecule has 128 valence electrons. The highest BCUT2D eigenvalue weighted by Crippen LogP contribution is 2.28. The second-order valence-electron chi connectivity index (χ2n) is 6.40. The summed E-state index contributed by atoms with van der Waals surface area (Å²) < 4.78 is 5.28. The van der Waals surface area contributed by atoms with Gasteiger partial charge in [-0.1, -0.05) is 31.0 Å². The van der Waals surface area contributed by atoms with Crippen LogP contribution < -0.4 is 15.4 Å². The monoisotopic (exact) mass is 334 g/mol. The number of benzene rings is 2. The van der Waals surface area contributed by atoms with Crippen molar-refractivity contribution in [1.82, 2.24) is 9.97 Å². The largest absolute Gasteiger partial charge is 0.497 e. The lowest BCUT2D eigenvalue weighted by molar-refractivity contribution is 0.415. The molecule has 3 aromatic rings. The predicted molar refractivity (Wildman–Crippen MR) is 102 cm³/mol. The summed E-state index contributed by atoms with van der Waals surface area (Å²) in [5.41, 5.74) is 1.84. The first kappa shape index (κ1) is 15.7. The Bertz CT molecular complexity index is 874. The molecule has 1 aromatic heterocycles. The maximum atomic E-state index is 5.28. The molecule has 5 heteroatoms. The summed E-state index contributed by atoms with van der Waals surface area (Å²) in [6.07, 6.45) is 4.99. The molecule has 1 fully saturated rings. The molecule has 0 aliphatic heterocycles. The Hall–Kier alpha value is -2.82. The van der Waals surface area contributed by atoms with Crippen molar-refractivity contribution in [2.45, 2.75) is 31.7 Å². The average Bonchev–Trinajstić information content (AvgIpc) is 3.15. The molecule has 2 N–H and O–H groups in total. The van der Waals surface area contributed by atoms with Gasteiger partial charge in [0.2, 0.25) is 5.95 Å². The van der Waals surface area contributed by atoms with E-state index in [1.54, 1.807) is 7.11 Å². The van der Waals surface area contributed by atoms with Gasteiger partial charge < -0.3 is 15.4 Å². The van der Waals surface area contributed by atoms with Crippen molar-refractivity contribution >= 4 is 28.4 Å². The number of fused-ring (bicyclic) bond motifs is 1. The molecular formula is C20H22N4O. The lowest BCUT2D eigenvalue weighted by Crippen LogP contribution is -2.16. The summed E-state index contributed by atoms with van der Waals surface area (Å²) in [6, 6.07) is 16.4. The van der Waals surface area contributed by atoms with Crippen LogP contribution in [0.2, 0.25) is 0 Å². The third-order valence-corrected chi connectivity index (χ3v) is 4.63. The van der Waals surface area contributed by atoms with Crippen LogP contribution in [0.1, 0.15) is 25.7 Å². The zero-order valence-electron chi connectivity index (χ0n) is 14.3.